The summed E-state index contributed by atoms with van der Waals surface area (Å²) in [6, 6.07) is 3.85. The number of hydrogen-bond acceptors (Lipinski definition) is 4. The summed E-state index contributed by atoms with van der Waals surface area (Å²) in [4.78, 5) is 41.3. The number of rotatable bonds is 2. The fourth-order valence-corrected chi connectivity index (χ4v) is 2.90. The molecule has 1 aromatic rings. The van der Waals surface area contributed by atoms with Crippen LogP contribution in [0.4, 0.5) is 5.82 Å². The number of pyridine rings is 1. The normalized spacial score (nSPS) is 21.7. The van der Waals surface area contributed by atoms with Crippen LogP contribution in [-0.2, 0) is 20.8 Å². The first-order valence-electron chi connectivity index (χ1n) is 7.23. The number of hydrogen-bond donors (Lipinski definition) is 1. The number of anilines is 1. The molecule has 0 spiro atoms. The number of aromatic nitrogens is 1. The second kappa shape index (κ2) is 5.63. The molecule has 1 N–H and O–H groups in total. The van der Waals surface area contributed by atoms with Crippen molar-refractivity contribution in [1.29, 1.82) is 0 Å². The summed E-state index contributed by atoms with van der Waals surface area (Å²) in [5, 5.41) is 2.29. The van der Waals surface area contributed by atoms with Crippen LogP contribution in [0.5, 0.6) is 0 Å². The number of nitrogens with zero attached hydrogens (tertiary/aromatic N) is 2. The maximum Gasteiger partial charge on any atom is 0.230 e. The van der Waals surface area contributed by atoms with Crippen molar-refractivity contribution in [2.45, 2.75) is 32.1 Å². The van der Waals surface area contributed by atoms with Gasteiger partial charge in [0.25, 0.3) is 0 Å². The third kappa shape index (κ3) is 2.79. The zero-order valence-corrected chi connectivity index (χ0v) is 11.7. The quantitative estimate of drug-likeness (QED) is 0.816. The predicted octanol–water partition coefficient (Wildman–Crippen LogP) is 0.804. The lowest BCUT2D eigenvalue weighted by atomic mass is 9.93. The summed E-state index contributed by atoms with van der Waals surface area (Å²) in [5.41, 5.74) is 1.07. The fourth-order valence-electron chi connectivity index (χ4n) is 2.90. The maximum atomic E-state index is 12.5. The average molecular weight is 287 g/mol. The van der Waals surface area contributed by atoms with Gasteiger partial charge >= 0.3 is 0 Å². The van der Waals surface area contributed by atoms with Crippen LogP contribution in [0.15, 0.2) is 18.3 Å². The first kappa shape index (κ1) is 13.7. The minimum atomic E-state index is -0.413. The molecule has 6 nitrogen and oxygen atoms in total. The van der Waals surface area contributed by atoms with Gasteiger partial charge in [-0.3, -0.25) is 24.6 Å². The topological polar surface area (TPSA) is 79.4 Å². The molecule has 1 aromatic heterocycles. The van der Waals surface area contributed by atoms with E-state index in [1.807, 2.05) is 12.1 Å². The Morgan fingerprint density at radius 2 is 2.24 bits per heavy atom. The van der Waals surface area contributed by atoms with Gasteiger partial charge in [0.15, 0.2) is 0 Å². The van der Waals surface area contributed by atoms with E-state index in [2.05, 4.69) is 10.3 Å². The second-order valence-electron chi connectivity index (χ2n) is 5.49. The molecule has 1 atom stereocenters. The standard InChI is InChI=1S/C15H17N3O3/c19-12-6-5-11(15(21)17-12)9-13(20)18-8-2-4-10-3-1-7-16-14(10)18/h1,3,7,11H,2,4-6,8-9H2,(H,17,19,21)/t11-/m0/s1. The number of fused-ring (bicyclic) bond motifs is 1. The second-order valence-corrected chi connectivity index (χ2v) is 5.49. The van der Waals surface area contributed by atoms with E-state index in [1.54, 1.807) is 11.1 Å². The number of carbonyl (C=O) groups is 3. The lowest BCUT2D eigenvalue weighted by molar-refractivity contribution is -0.138. The Hall–Kier alpha value is -2.24. The van der Waals surface area contributed by atoms with Crippen molar-refractivity contribution in [3.8, 4) is 0 Å². The Bertz CT molecular complexity index is 600. The molecule has 1 saturated heterocycles. The van der Waals surface area contributed by atoms with E-state index in [4.69, 9.17) is 0 Å². The van der Waals surface area contributed by atoms with Gasteiger partial charge in [0.2, 0.25) is 17.7 Å². The van der Waals surface area contributed by atoms with Crippen molar-refractivity contribution in [1.82, 2.24) is 10.3 Å². The molecule has 110 valence electrons. The van der Waals surface area contributed by atoms with Gasteiger partial charge in [-0.1, -0.05) is 6.07 Å². The molecule has 6 heteroatoms. The summed E-state index contributed by atoms with van der Waals surface area (Å²) in [6.45, 7) is 0.635. The Kier molecular flexibility index (Phi) is 3.68. The van der Waals surface area contributed by atoms with E-state index >= 15 is 0 Å². The van der Waals surface area contributed by atoms with Crippen molar-refractivity contribution < 1.29 is 14.4 Å². The third-order valence-corrected chi connectivity index (χ3v) is 4.03. The van der Waals surface area contributed by atoms with E-state index in [0.29, 0.717) is 25.2 Å². The molecule has 0 aliphatic carbocycles. The zero-order valence-electron chi connectivity index (χ0n) is 11.7. The van der Waals surface area contributed by atoms with Crippen molar-refractivity contribution >= 4 is 23.5 Å². The molecule has 0 radical (unpaired) electrons. The van der Waals surface area contributed by atoms with Crippen LogP contribution < -0.4 is 10.2 Å². The first-order valence-corrected chi connectivity index (χ1v) is 7.23. The minimum absolute atomic E-state index is 0.0934. The fraction of sp³-hybridized carbons (Fsp3) is 0.467. The van der Waals surface area contributed by atoms with Crippen LogP contribution in [0, 0.1) is 5.92 Å². The highest BCUT2D eigenvalue weighted by molar-refractivity contribution is 6.02. The Morgan fingerprint density at radius 3 is 3.05 bits per heavy atom. The summed E-state index contributed by atoms with van der Waals surface area (Å²) in [6.07, 6.45) is 4.38. The van der Waals surface area contributed by atoms with E-state index in [-0.39, 0.29) is 24.1 Å². The number of imide groups is 1. The lowest BCUT2D eigenvalue weighted by Crippen LogP contribution is -2.44. The van der Waals surface area contributed by atoms with Gasteiger partial charge in [0.05, 0.1) is 0 Å². The van der Waals surface area contributed by atoms with Gasteiger partial charge in [-0.05, 0) is 30.9 Å². The molecule has 3 rings (SSSR count). The third-order valence-electron chi connectivity index (χ3n) is 4.03. The van der Waals surface area contributed by atoms with E-state index in [0.717, 1.165) is 18.4 Å². The summed E-state index contributed by atoms with van der Waals surface area (Å²) in [5.74, 6) is -0.388. The number of nitrogens with one attached hydrogen (secondary N) is 1. The molecule has 3 heterocycles. The molecule has 1 fully saturated rings. The van der Waals surface area contributed by atoms with Crippen LogP contribution in [0.1, 0.15) is 31.2 Å². The van der Waals surface area contributed by atoms with Gasteiger partial charge in [-0.15, -0.1) is 0 Å². The van der Waals surface area contributed by atoms with Crippen LogP contribution in [0.2, 0.25) is 0 Å². The smallest absolute Gasteiger partial charge is 0.230 e. The highest BCUT2D eigenvalue weighted by atomic mass is 16.2. The van der Waals surface area contributed by atoms with Crippen molar-refractivity contribution in [2.24, 2.45) is 5.92 Å². The van der Waals surface area contributed by atoms with Crippen molar-refractivity contribution in [3.05, 3.63) is 23.9 Å². The van der Waals surface area contributed by atoms with E-state index < -0.39 is 5.92 Å². The van der Waals surface area contributed by atoms with Gasteiger partial charge in [-0.2, -0.15) is 0 Å². The van der Waals surface area contributed by atoms with Crippen LogP contribution in [0.25, 0.3) is 0 Å². The number of carbonyl (C=O) groups excluding carboxylic acids is 3. The first-order chi connectivity index (χ1) is 10.1. The molecule has 0 aromatic carbocycles. The molecule has 21 heavy (non-hydrogen) atoms. The largest absolute Gasteiger partial charge is 0.297 e. The summed E-state index contributed by atoms with van der Waals surface area (Å²) >= 11 is 0. The van der Waals surface area contributed by atoms with Crippen molar-refractivity contribution in [2.75, 3.05) is 11.4 Å². The molecule has 3 amide bonds. The predicted molar refractivity (Wildman–Crippen MR) is 75.4 cm³/mol. The van der Waals surface area contributed by atoms with Crippen LogP contribution in [0.3, 0.4) is 0 Å². The Morgan fingerprint density at radius 1 is 1.38 bits per heavy atom. The average Bonchev–Trinajstić information content (AvgIpc) is 2.49. The molecule has 2 aliphatic rings. The Labute approximate surface area is 122 Å². The minimum Gasteiger partial charge on any atom is -0.297 e. The summed E-state index contributed by atoms with van der Waals surface area (Å²) < 4.78 is 0. The molecular weight excluding hydrogens is 270 g/mol. The van der Waals surface area contributed by atoms with Gasteiger partial charge in [0.1, 0.15) is 5.82 Å². The highest BCUT2D eigenvalue weighted by Crippen LogP contribution is 2.26. The van der Waals surface area contributed by atoms with E-state index in [9.17, 15) is 14.4 Å². The highest BCUT2D eigenvalue weighted by Gasteiger charge is 2.31. The van der Waals surface area contributed by atoms with Crippen LogP contribution >= 0.6 is 0 Å². The monoisotopic (exact) mass is 287 g/mol. The molecule has 0 bridgehead atoms. The number of piperidine rings is 1. The number of aryl methyl sites for hydroxylation is 1. The maximum absolute atomic E-state index is 12.5. The van der Waals surface area contributed by atoms with Gasteiger partial charge in [0, 0.05) is 31.5 Å². The van der Waals surface area contributed by atoms with Gasteiger partial charge < -0.3 is 0 Å². The zero-order chi connectivity index (χ0) is 14.8. The molecule has 0 saturated carbocycles. The SMILES string of the molecule is O=C1CC[C@@H](CC(=O)N2CCCc3cccnc32)C(=O)N1. The summed E-state index contributed by atoms with van der Waals surface area (Å²) in [7, 11) is 0. The van der Waals surface area contributed by atoms with Crippen molar-refractivity contribution in [3.63, 3.8) is 0 Å². The molecule has 2 aliphatic heterocycles. The molecule has 0 unspecified atom stereocenters. The van der Waals surface area contributed by atoms with Gasteiger partial charge in [-0.25, -0.2) is 4.98 Å². The van der Waals surface area contributed by atoms with E-state index in [1.165, 1.54) is 0 Å². The van der Waals surface area contributed by atoms with Crippen LogP contribution in [-0.4, -0.2) is 29.3 Å². The number of amides is 3. The molecular formula is C15H17N3O3. The lowest BCUT2D eigenvalue weighted by Gasteiger charge is -2.30. The Balaban J connectivity index is 1.72.